The van der Waals surface area contributed by atoms with E-state index in [0.717, 1.165) is 29.7 Å². The number of rotatable bonds is 2. The van der Waals surface area contributed by atoms with E-state index < -0.39 is 10.0 Å². The maximum absolute atomic E-state index is 12.4. The van der Waals surface area contributed by atoms with Gasteiger partial charge in [0, 0.05) is 20.1 Å². The first-order chi connectivity index (χ1) is 9.00. The molecule has 1 aliphatic rings. The van der Waals surface area contributed by atoms with Crippen LogP contribution in [0.15, 0.2) is 27.9 Å². The summed E-state index contributed by atoms with van der Waals surface area (Å²) in [5.41, 5.74) is 0.773. The van der Waals surface area contributed by atoms with Crippen LogP contribution in [0.4, 0.5) is 0 Å². The molecule has 19 heavy (non-hydrogen) atoms. The van der Waals surface area contributed by atoms with Gasteiger partial charge >= 0.3 is 4.87 Å². The number of fused-ring (bicyclic) bond motifs is 1. The lowest BCUT2D eigenvalue weighted by atomic mass is 10.3. The molecule has 0 atom stereocenters. The van der Waals surface area contributed by atoms with Crippen molar-refractivity contribution in [2.24, 2.45) is 7.05 Å². The molecule has 1 aliphatic heterocycles. The minimum absolute atomic E-state index is 0.0780. The van der Waals surface area contributed by atoms with Crippen LogP contribution in [0.5, 0.6) is 0 Å². The average molecular weight is 298 g/mol. The first-order valence-corrected chi connectivity index (χ1v) is 8.35. The molecule has 0 N–H and O–H groups in total. The zero-order valence-corrected chi connectivity index (χ0v) is 12.1. The lowest BCUT2D eigenvalue weighted by molar-refractivity contribution is 0.477. The SMILES string of the molecule is Cn1c(=O)sc2cc(S(=O)(=O)N3CCCC3)ccc21. The maximum Gasteiger partial charge on any atom is 0.307 e. The van der Waals surface area contributed by atoms with E-state index >= 15 is 0 Å². The van der Waals surface area contributed by atoms with Crippen LogP contribution in [0.3, 0.4) is 0 Å². The number of thiazole rings is 1. The fourth-order valence-electron chi connectivity index (χ4n) is 2.35. The normalized spacial score (nSPS) is 17.3. The number of benzene rings is 1. The molecular weight excluding hydrogens is 284 g/mol. The first kappa shape index (κ1) is 12.8. The molecule has 1 saturated heterocycles. The van der Waals surface area contributed by atoms with Crippen LogP contribution in [0.2, 0.25) is 0 Å². The highest BCUT2D eigenvalue weighted by atomic mass is 32.2. The summed E-state index contributed by atoms with van der Waals surface area (Å²) in [5.74, 6) is 0. The summed E-state index contributed by atoms with van der Waals surface area (Å²) in [7, 11) is -1.71. The van der Waals surface area contributed by atoms with Crippen LogP contribution >= 0.6 is 11.3 Å². The summed E-state index contributed by atoms with van der Waals surface area (Å²) in [4.78, 5) is 11.8. The lowest BCUT2D eigenvalue weighted by Gasteiger charge is -2.15. The Labute approximate surface area is 115 Å². The molecule has 7 heteroatoms. The second-order valence-electron chi connectivity index (χ2n) is 4.67. The maximum atomic E-state index is 12.4. The molecule has 1 fully saturated rings. The van der Waals surface area contributed by atoms with E-state index in [2.05, 4.69) is 0 Å². The highest BCUT2D eigenvalue weighted by Gasteiger charge is 2.27. The van der Waals surface area contributed by atoms with E-state index in [1.54, 1.807) is 25.2 Å². The van der Waals surface area contributed by atoms with E-state index in [0.29, 0.717) is 17.8 Å². The number of hydrogen-bond acceptors (Lipinski definition) is 4. The molecule has 2 aromatic rings. The highest BCUT2D eigenvalue weighted by molar-refractivity contribution is 7.89. The minimum atomic E-state index is -3.41. The molecule has 0 radical (unpaired) electrons. The molecule has 0 amide bonds. The molecule has 2 heterocycles. The average Bonchev–Trinajstić information content (AvgIpc) is 2.99. The Bertz CT molecular complexity index is 783. The molecule has 0 saturated carbocycles. The standard InChI is InChI=1S/C12H14N2O3S2/c1-13-10-5-4-9(8-11(10)18-12(13)15)19(16,17)14-6-2-3-7-14/h4-5,8H,2-3,6-7H2,1H3. The molecule has 102 valence electrons. The Hall–Kier alpha value is -1.18. The third-order valence-corrected chi connectivity index (χ3v) is 6.36. The third-order valence-electron chi connectivity index (χ3n) is 3.47. The topological polar surface area (TPSA) is 59.4 Å². The molecule has 1 aromatic carbocycles. The summed E-state index contributed by atoms with van der Waals surface area (Å²) >= 11 is 1.08. The summed E-state index contributed by atoms with van der Waals surface area (Å²) < 4.78 is 28.6. The molecular formula is C12H14N2O3S2. The van der Waals surface area contributed by atoms with E-state index in [-0.39, 0.29) is 9.77 Å². The van der Waals surface area contributed by atoms with E-state index in [4.69, 9.17) is 0 Å². The van der Waals surface area contributed by atoms with Gasteiger partial charge in [-0.1, -0.05) is 11.3 Å². The van der Waals surface area contributed by atoms with Gasteiger partial charge in [0.25, 0.3) is 0 Å². The van der Waals surface area contributed by atoms with Gasteiger partial charge in [-0.3, -0.25) is 4.79 Å². The van der Waals surface area contributed by atoms with Crippen LogP contribution < -0.4 is 4.87 Å². The molecule has 0 aliphatic carbocycles. The Morgan fingerprint density at radius 2 is 1.89 bits per heavy atom. The van der Waals surface area contributed by atoms with Crippen LogP contribution in [0, 0.1) is 0 Å². The first-order valence-electron chi connectivity index (χ1n) is 6.10. The van der Waals surface area contributed by atoms with Gasteiger partial charge in [-0.15, -0.1) is 0 Å². The zero-order valence-electron chi connectivity index (χ0n) is 10.5. The molecule has 1 aromatic heterocycles. The number of hydrogen-bond donors (Lipinski definition) is 0. The van der Waals surface area contributed by atoms with Gasteiger partial charge in [0.2, 0.25) is 10.0 Å². The van der Waals surface area contributed by atoms with Crippen molar-refractivity contribution >= 4 is 31.6 Å². The van der Waals surface area contributed by atoms with Crippen molar-refractivity contribution in [3.05, 3.63) is 27.9 Å². The van der Waals surface area contributed by atoms with Crippen LogP contribution in [0.25, 0.3) is 10.2 Å². The van der Waals surface area contributed by atoms with E-state index in [1.807, 2.05) is 0 Å². The lowest BCUT2D eigenvalue weighted by Crippen LogP contribution is -2.27. The van der Waals surface area contributed by atoms with Crippen LogP contribution in [-0.2, 0) is 17.1 Å². The van der Waals surface area contributed by atoms with Gasteiger partial charge < -0.3 is 4.57 Å². The van der Waals surface area contributed by atoms with Crippen molar-refractivity contribution in [2.45, 2.75) is 17.7 Å². The highest BCUT2D eigenvalue weighted by Crippen LogP contribution is 2.25. The smallest absolute Gasteiger partial charge is 0.302 e. The third kappa shape index (κ3) is 2.01. The zero-order chi connectivity index (χ0) is 13.6. The quantitative estimate of drug-likeness (QED) is 0.841. The van der Waals surface area contributed by atoms with Crippen molar-refractivity contribution in [3.8, 4) is 0 Å². The Morgan fingerprint density at radius 3 is 2.58 bits per heavy atom. The van der Waals surface area contributed by atoms with Gasteiger partial charge in [-0.25, -0.2) is 8.42 Å². The summed E-state index contributed by atoms with van der Waals surface area (Å²) in [6.07, 6.45) is 1.83. The second-order valence-corrected chi connectivity index (χ2v) is 7.60. The van der Waals surface area contributed by atoms with E-state index in [9.17, 15) is 13.2 Å². The van der Waals surface area contributed by atoms with Gasteiger partial charge in [0.15, 0.2) is 0 Å². The number of nitrogens with zero attached hydrogens (tertiary/aromatic N) is 2. The molecule has 0 spiro atoms. The van der Waals surface area contributed by atoms with Gasteiger partial charge in [-0.2, -0.15) is 4.31 Å². The molecule has 0 unspecified atom stereocenters. The Kier molecular flexibility index (Phi) is 2.99. The van der Waals surface area contributed by atoms with Crippen molar-refractivity contribution in [2.75, 3.05) is 13.1 Å². The molecule has 3 rings (SSSR count). The number of sulfonamides is 1. The fraction of sp³-hybridized carbons (Fsp3) is 0.417. The van der Waals surface area contributed by atoms with Crippen molar-refractivity contribution in [1.82, 2.24) is 8.87 Å². The monoisotopic (exact) mass is 298 g/mol. The van der Waals surface area contributed by atoms with Crippen molar-refractivity contribution < 1.29 is 8.42 Å². The fourth-order valence-corrected chi connectivity index (χ4v) is 4.89. The van der Waals surface area contributed by atoms with Crippen molar-refractivity contribution in [1.29, 1.82) is 0 Å². The minimum Gasteiger partial charge on any atom is -0.302 e. The predicted octanol–water partition coefficient (Wildman–Crippen LogP) is 1.38. The number of aryl methyl sites for hydroxylation is 1. The van der Waals surface area contributed by atoms with Crippen LogP contribution in [-0.4, -0.2) is 30.4 Å². The number of aromatic nitrogens is 1. The summed E-state index contributed by atoms with van der Waals surface area (Å²) in [6.45, 7) is 1.18. The molecule has 0 bridgehead atoms. The Morgan fingerprint density at radius 1 is 1.21 bits per heavy atom. The predicted molar refractivity (Wildman–Crippen MR) is 75.1 cm³/mol. The summed E-state index contributed by atoms with van der Waals surface area (Å²) in [6, 6.07) is 4.90. The van der Waals surface area contributed by atoms with Gasteiger partial charge in [0.05, 0.1) is 15.1 Å². The van der Waals surface area contributed by atoms with Gasteiger partial charge in [0.1, 0.15) is 0 Å². The van der Waals surface area contributed by atoms with Crippen LogP contribution in [0.1, 0.15) is 12.8 Å². The Balaban J connectivity index is 2.13. The van der Waals surface area contributed by atoms with Gasteiger partial charge in [-0.05, 0) is 31.0 Å². The van der Waals surface area contributed by atoms with Crippen molar-refractivity contribution in [3.63, 3.8) is 0 Å². The summed E-state index contributed by atoms with van der Waals surface area (Å²) in [5, 5.41) is 0. The largest absolute Gasteiger partial charge is 0.307 e. The molecule has 5 nitrogen and oxygen atoms in total. The van der Waals surface area contributed by atoms with E-state index in [1.165, 1.54) is 8.87 Å². The second kappa shape index (κ2) is 4.43.